The largest absolute Gasteiger partial charge is 0.378 e. The van der Waals surface area contributed by atoms with E-state index in [-0.39, 0.29) is 18.6 Å². The van der Waals surface area contributed by atoms with Crippen molar-refractivity contribution in [3.05, 3.63) is 0 Å². The van der Waals surface area contributed by atoms with Gasteiger partial charge in [0.1, 0.15) is 0 Å². The fourth-order valence-electron chi connectivity index (χ4n) is 1.40. The molecule has 0 aromatic heterocycles. The highest BCUT2D eigenvalue weighted by Gasteiger charge is 2.16. The number of carbonyl (C=O) groups excluding carboxylic acids is 2. The second-order valence-electron chi connectivity index (χ2n) is 3.45. The molecule has 1 aliphatic rings. The molecule has 1 fully saturated rings. The molecule has 0 aromatic rings. The summed E-state index contributed by atoms with van der Waals surface area (Å²) in [5.41, 5.74) is 6.96. The third kappa shape index (κ3) is 5.34. The maximum absolute atomic E-state index is 11.1. The Morgan fingerprint density at radius 3 is 2.93 bits per heavy atom. The smallest absolute Gasteiger partial charge is 0.246 e. The summed E-state index contributed by atoms with van der Waals surface area (Å²) in [5, 5.41) is 0. The van der Waals surface area contributed by atoms with Crippen LogP contribution in [0.25, 0.3) is 0 Å². The maximum atomic E-state index is 11.1. The van der Waals surface area contributed by atoms with E-state index < -0.39 is 5.91 Å². The zero-order chi connectivity index (χ0) is 11.1. The van der Waals surface area contributed by atoms with Gasteiger partial charge in [0.2, 0.25) is 11.8 Å². The Labute approximate surface area is 88.0 Å². The second kappa shape index (κ2) is 6.36. The molecule has 1 heterocycles. The van der Waals surface area contributed by atoms with Gasteiger partial charge in [0.05, 0.1) is 6.10 Å². The van der Waals surface area contributed by atoms with Gasteiger partial charge in [-0.2, -0.15) is 0 Å². The number of ether oxygens (including phenoxy) is 1. The molecule has 0 aliphatic carbocycles. The van der Waals surface area contributed by atoms with Crippen LogP contribution in [0, 0.1) is 0 Å². The summed E-state index contributed by atoms with van der Waals surface area (Å²) < 4.78 is 5.35. The van der Waals surface area contributed by atoms with Crippen molar-refractivity contribution in [1.82, 2.24) is 5.48 Å². The molecule has 0 bridgehead atoms. The van der Waals surface area contributed by atoms with E-state index >= 15 is 0 Å². The minimum Gasteiger partial charge on any atom is -0.378 e. The van der Waals surface area contributed by atoms with Gasteiger partial charge in [0.25, 0.3) is 0 Å². The number of carbonyl (C=O) groups is 2. The molecule has 1 saturated heterocycles. The number of rotatable bonds is 6. The monoisotopic (exact) mass is 216 g/mol. The van der Waals surface area contributed by atoms with Crippen LogP contribution >= 0.6 is 0 Å². The zero-order valence-electron chi connectivity index (χ0n) is 8.53. The molecule has 0 aromatic carbocycles. The highest BCUT2D eigenvalue weighted by atomic mass is 16.7. The first kappa shape index (κ1) is 11.9. The highest BCUT2D eigenvalue weighted by molar-refractivity contribution is 5.76. The Morgan fingerprint density at radius 2 is 2.33 bits per heavy atom. The van der Waals surface area contributed by atoms with Crippen LogP contribution in [0.15, 0.2) is 0 Å². The van der Waals surface area contributed by atoms with Crippen LogP contribution in [0.3, 0.4) is 0 Å². The molecule has 1 rings (SSSR count). The predicted octanol–water partition coefficient (Wildman–Crippen LogP) is -0.521. The minimum atomic E-state index is -0.616. The lowest BCUT2D eigenvalue weighted by atomic mass is 10.1. The molecular formula is C9H16N2O4. The van der Waals surface area contributed by atoms with Gasteiger partial charge in [0, 0.05) is 13.0 Å². The van der Waals surface area contributed by atoms with Crippen LogP contribution in [0.4, 0.5) is 0 Å². The first-order chi connectivity index (χ1) is 7.18. The van der Waals surface area contributed by atoms with E-state index in [0.717, 1.165) is 19.4 Å². The molecule has 1 atom stereocenters. The molecule has 1 unspecified atom stereocenters. The molecule has 6 heteroatoms. The predicted molar refractivity (Wildman–Crippen MR) is 51.5 cm³/mol. The topological polar surface area (TPSA) is 90.7 Å². The summed E-state index contributed by atoms with van der Waals surface area (Å²) in [7, 11) is 0. The van der Waals surface area contributed by atoms with Crippen molar-refractivity contribution in [3.63, 3.8) is 0 Å². The summed E-state index contributed by atoms with van der Waals surface area (Å²) >= 11 is 0. The molecule has 0 radical (unpaired) electrons. The average molecular weight is 216 g/mol. The van der Waals surface area contributed by atoms with E-state index in [1.807, 2.05) is 0 Å². The molecule has 86 valence electrons. The van der Waals surface area contributed by atoms with Gasteiger partial charge in [-0.3, -0.25) is 14.4 Å². The summed E-state index contributed by atoms with van der Waals surface area (Å²) in [6, 6.07) is 0. The SMILES string of the molecule is NC(=O)CONC(=O)CCC1CCCO1. The van der Waals surface area contributed by atoms with Crippen molar-refractivity contribution in [2.24, 2.45) is 5.73 Å². The van der Waals surface area contributed by atoms with Crippen molar-refractivity contribution >= 4 is 11.8 Å². The second-order valence-corrected chi connectivity index (χ2v) is 3.45. The van der Waals surface area contributed by atoms with Gasteiger partial charge >= 0.3 is 0 Å². The van der Waals surface area contributed by atoms with Crippen molar-refractivity contribution in [2.75, 3.05) is 13.2 Å². The maximum Gasteiger partial charge on any atom is 0.246 e. The van der Waals surface area contributed by atoms with Crippen LogP contribution in [0.1, 0.15) is 25.7 Å². The van der Waals surface area contributed by atoms with E-state index in [9.17, 15) is 9.59 Å². The van der Waals surface area contributed by atoms with Gasteiger partial charge in [0.15, 0.2) is 6.61 Å². The van der Waals surface area contributed by atoms with Crippen molar-refractivity contribution in [1.29, 1.82) is 0 Å². The third-order valence-electron chi connectivity index (χ3n) is 2.12. The molecule has 6 nitrogen and oxygen atoms in total. The van der Waals surface area contributed by atoms with E-state index in [1.54, 1.807) is 0 Å². The minimum absolute atomic E-state index is 0.187. The van der Waals surface area contributed by atoms with Gasteiger partial charge in [-0.25, -0.2) is 5.48 Å². The fourth-order valence-corrected chi connectivity index (χ4v) is 1.40. The lowest BCUT2D eigenvalue weighted by Gasteiger charge is -2.08. The highest BCUT2D eigenvalue weighted by Crippen LogP contribution is 2.16. The quantitative estimate of drug-likeness (QED) is 0.584. The fraction of sp³-hybridized carbons (Fsp3) is 0.778. The van der Waals surface area contributed by atoms with E-state index in [0.29, 0.717) is 12.8 Å². The Kier molecular flexibility index (Phi) is 5.06. The number of nitrogens with one attached hydrogen (secondary N) is 1. The number of nitrogens with two attached hydrogens (primary N) is 1. The number of hydrogen-bond acceptors (Lipinski definition) is 4. The Balaban J connectivity index is 2.00. The van der Waals surface area contributed by atoms with Gasteiger partial charge in [-0.1, -0.05) is 0 Å². The van der Waals surface area contributed by atoms with Crippen LogP contribution in [0.2, 0.25) is 0 Å². The normalized spacial score (nSPS) is 20.1. The van der Waals surface area contributed by atoms with Crippen molar-refractivity contribution in [2.45, 2.75) is 31.8 Å². The number of amides is 2. The number of primary amides is 1. The summed E-state index contributed by atoms with van der Waals surface area (Å²) in [4.78, 5) is 26.0. The first-order valence-corrected chi connectivity index (χ1v) is 4.99. The average Bonchev–Trinajstić information content (AvgIpc) is 2.66. The molecular weight excluding hydrogens is 200 g/mol. The molecule has 2 amide bonds. The Hall–Kier alpha value is -1.14. The van der Waals surface area contributed by atoms with Crippen LogP contribution < -0.4 is 11.2 Å². The lowest BCUT2D eigenvalue weighted by Crippen LogP contribution is -2.29. The van der Waals surface area contributed by atoms with Crippen molar-refractivity contribution in [3.8, 4) is 0 Å². The Morgan fingerprint density at radius 1 is 1.53 bits per heavy atom. The first-order valence-electron chi connectivity index (χ1n) is 4.99. The van der Waals surface area contributed by atoms with E-state index in [2.05, 4.69) is 10.3 Å². The zero-order valence-corrected chi connectivity index (χ0v) is 8.53. The lowest BCUT2D eigenvalue weighted by molar-refractivity contribution is -0.138. The number of hydroxylamine groups is 1. The van der Waals surface area contributed by atoms with Gasteiger partial charge in [-0.15, -0.1) is 0 Å². The molecule has 15 heavy (non-hydrogen) atoms. The molecule has 0 saturated carbocycles. The van der Waals surface area contributed by atoms with Crippen LogP contribution in [0.5, 0.6) is 0 Å². The van der Waals surface area contributed by atoms with Crippen molar-refractivity contribution < 1.29 is 19.2 Å². The molecule has 3 N–H and O–H groups in total. The van der Waals surface area contributed by atoms with E-state index in [4.69, 9.17) is 10.5 Å². The van der Waals surface area contributed by atoms with E-state index in [1.165, 1.54) is 0 Å². The number of hydrogen-bond donors (Lipinski definition) is 2. The van der Waals surface area contributed by atoms with Crippen LogP contribution in [-0.2, 0) is 19.2 Å². The van der Waals surface area contributed by atoms with Crippen LogP contribution in [-0.4, -0.2) is 31.1 Å². The van der Waals surface area contributed by atoms with Gasteiger partial charge < -0.3 is 10.5 Å². The van der Waals surface area contributed by atoms with Gasteiger partial charge in [-0.05, 0) is 19.3 Å². The summed E-state index contributed by atoms with van der Waals surface area (Å²) in [6.45, 7) is 0.482. The molecule has 0 spiro atoms. The summed E-state index contributed by atoms with van der Waals surface area (Å²) in [6.07, 6.45) is 3.28. The standard InChI is InChI=1S/C9H16N2O4/c10-8(12)6-15-11-9(13)4-3-7-2-1-5-14-7/h7H,1-6H2,(H2,10,12)(H,11,13). The molecule has 1 aliphatic heterocycles. The summed E-state index contributed by atoms with van der Waals surface area (Å²) in [5.74, 6) is -0.874. The Bertz CT molecular complexity index is 226. The third-order valence-corrected chi connectivity index (χ3v) is 2.12.